The summed E-state index contributed by atoms with van der Waals surface area (Å²) in [5.74, 6) is 1.02. The summed E-state index contributed by atoms with van der Waals surface area (Å²) in [6.07, 6.45) is 1.52. The van der Waals surface area contributed by atoms with Crippen LogP contribution in [0.5, 0.6) is 0 Å². The van der Waals surface area contributed by atoms with Crippen LogP contribution in [-0.2, 0) is 0 Å². The minimum Gasteiger partial charge on any atom is -0.465 e. The number of carboxylic acid groups (broad SMARTS) is 1. The van der Waals surface area contributed by atoms with Crippen molar-refractivity contribution in [2.45, 2.75) is 18.8 Å². The molecule has 1 saturated carbocycles. The van der Waals surface area contributed by atoms with Crippen LogP contribution in [0, 0.1) is 0 Å². The number of anilines is 1. The van der Waals surface area contributed by atoms with E-state index in [1.165, 1.54) is 18.4 Å². The summed E-state index contributed by atoms with van der Waals surface area (Å²) in [6, 6.07) is 15.5. The Balaban J connectivity index is 0.000000140. The molecule has 0 spiro atoms. The number of carbonyl (C=O) groups is 1. The highest BCUT2D eigenvalue weighted by molar-refractivity contribution is 6.31. The topological polar surface area (TPSA) is 78.0 Å². The number of nitrogens with one attached hydrogen (secondary N) is 2. The highest BCUT2D eigenvalue weighted by Gasteiger charge is 2.24. The molecule has 3 aromatic rings. The Morgan fingerprint density at radius 1 is 1.17 bits per heavy atom. The van der Waals surface area contributed by atoms with Gasteiger partial charge in [0, 0.05) is 5.02 Å². The first-order valence-electron chi connectivity index (χ1n) is 7.32. The molecule has 0 bridgehead atoms. The van der Waals surface area contributed by atoms with E-state index in [4.69, 9.17) is 16.7 Å². The van der Waals surface area contributed by atoms with Crippen molar-refractivity contribution < 1.29 is 9.90 Å². The second-order valence-corrected chi connectivity index (χ2v) is 5.74. The van der Waals surface area contributed by atoms with Crippen molar-refractivity contribution in [3.8, 4) is 0 Å². The summed E-state index contributed by atoms with van der Waals surface area (Å²) in [7, 11) is 0. The average molecular weight is 330 g/mol. The van der Waals surface area contributed by atoms with Crippen molar-refractivity contribution in [2.24, 2.45) is 0 Å². The molecule has 0 radical (unpaired) electrons. The number of hydrogen-bond donors (Lipinski definition) is 3. The Hall–Kier alpha value is -2.53. The van der Waals surface area contributed by atoms with Gasteiger partial charge in [0.1, 0.15) is 0 Å². The molecule has 1 aromatic heterocycles. The number of rotatable bonds is 2. The van der Waals surface area contributed by atoms with E-state index in [1.54, 1.807) is 6.07 Å². The molecule has 1 aliphatic rings. The van der Waals surface area contributed by atoms with Crippen LogP contribution in [0.25, 0.3) is 11.0 Å². The van der Waals surface area contributed by atoms with Gasteiger partial charge < -0.3 is 10.1 Å². The Morgan fingerprint density at radius 2 is 1.87 bits per heavy atom. The van der Waals surface area contributed by atoms with Gasteiger partial charge >= 0.3 is 6.09 Å². The number of fused-ring (bicyclic) bond motifs is 1. The van der Waals surface area contributed by atoms with Gasteiger partial charge in [-0.25, -0.2) is 9.78 Å². The van der Waals surface area contributed by atoms with Gasteiger partial charge in [-0.15, -0.1) is 0 Å². The van der Waals surface area contributed by atoms with Gasteiger partial charge in [0.25, 0.3) is 0 Å². The molecule has 2 aromatic carbocycles. The Labute approximate surface area is 138 Å². The van der Waals surface area contributed by atoms with E-state index in [0.29, 0.717) is 0 Å². The zero-order valence-electron chi connectivity index (χ0n) is 12.3. The maximum atomic E-state index is 10.3. The van der Waals surface area contributed by atoms with Crippen LogP contribution in [0.15, 0.2) is 48.5 Å². The largest absolute Gasteiger partial charge is 0.465 e. The molecule has 5 nitrogen and oxygen atoms in total. The molecule has 1 fully saturated rings. The number of aromatic nitrogens is 2. The molecule has 1 amide bonds. The highest BCUT2D eigenvalue weighted by Crippen LogP contribution is 2.42. The van der Waals surface area contributed by atoms with Gasteiger partial charge in [0.2, 0.25) is 5.95 Å². The summed E-state index contributed by atoms with van der Waals surface area (Å²) in [4.78, 5) is 17.1. The van der Waals surface area contributed by atoms with Gasteiger partial charge in [-0.05, 0) is 42.5 Å². The maximum Gasteiger partial charge on any atom is 0.411 e. The molecule has 23 heavy (non-hydrogen) atoms. The van der Waals surface area contributed by atoms with Crippen LogP contribution in [0.3, 0.4) is 0 Å². The number of benzene rings is 2. The molecule has 0 unspecified atom stereocenters. The van der Waals surface area contributed by atoms with Gasteiger partial charge in [-0.2, -0.15) is 0 Å². The Kier molecular flexibility index (Phi) is 4.48. The minimum absolute atomic E-state index is 0.244. The first-order valence-corrected chi connectivity index (χ1v) is 7.70. The number of hydrogen-bond acceptors (Lipinski definition) is 2. The van der Waals surface area contributed by atoms with E-state index in [2.05, 4.69) is 27.4 Å². The first kappa shape index (κ1) is 15.4. The van der Waals surface area contributed by atoms with Crippen molar-refractivity contribution in [3.05, 3.63) is 59.1 Å². The molecule has 3 N–H and O–H groups in total. The molecular formula is C17H16ClN3O2. The fraction of sp³-hybridized carbons (Fsp3) is 0.176. The Bertz CT molecular complexity index is 794. The lowest BCUT2D eigenvalue weighted by molar-refractivity contribution is 0.209. The molecule has 4 rings (SSSR count). The predicted octanol–water partition coefficient (Wildman–Crippen LogP) is 4.87. The van der Waals surface area contributed by atoms with Crippen molar-refractivity contribution in [1.29, 1.82) is 0 Å². The van der Waals surface area contributed by atoms with E-state index >= 15 is 0 Å². The number of para-hydroxylation sites is 2. The lowest BCUT2D eigenvalue weighted by atomic mass is 10.1. The molecule has 0 aliphatic heterocycles. The monoisotopic (exact) mass is 329 g/mol. The molecule has 6 heteroatoms. The zero-order chi connectivity index (χ0) is 16.2. The average Bonchev–Trinajstić information content (AvgIpc) is 3.28. The van der Waals surface area contributed by atoms with Crippen LogP contribution in [-0.4, -0.2) is 21.2 Å². The van der Waals surface area contributed by atoms with Gasteiger partial charge in [0.05, 0.1) is 11.0 Å². The third kappa shape index (κ3) is 4.02. The summed E-state index contributed by atoms with van der Waals surface area (Å²) in [5.41, 5.74) is 2.89. The fourth-order valence-corrected chi connectivity index (χ4v) is 2.60. The molecule has 1 aliphatic carbocycles. The van der Waals surface area contributed by atoms with Crippen LogP contribution in [0.2, 0.25) is 5.02 Å². The molecular weight excluding hydrogens is 314 g/mol. The van der Waals surface area contributed by atoms with Gasteiger partial charge in [0.15, 0.2) is 0 Å². The molecule has 0 saturated heterocycles. The van der Waals surface area contributed by atoms with Crippen LogP contribution >= 0.6 is 11.6 Å². The smallest absolute Gasteiger partial charge is 0.411 e. The third-order valence-corrected chi connectivity index (χ3v) is 3.88. The van der Waals surface area contributed by atoms with Crippen molar-refractivity contribution in [2.75, 3.05) is 5.32 Å². The minimum atomic E-state index is -1.13. The lowest BCUT2D eigenvalue weighted by Gasteiger charge is -1.98. The van der Waals surface area contributed by atoms with Crippen molar-refractivity contribution in [1.82, 2.24) is 9.97 Å². The highest BCUT2D eigenvalue weighted by atomic mass is 35.5. The SMILES string of the molecule is Clc1ccccc1C1CC1.O=C(O)Nc1nc2ccccc2[nH]1. The summed E-state index contributed by atoms with van der Waals surface area (Å²) >= 11 is 5.96. The van der Waals surface area contributed by atoms with Crippen LogP contribution < -0.4 is 5.32 Å². The number of H-pyrrole nitrogens is 1. The van der Waals surface area contributed by atoms with Gasteiger partial charge in [-0.3, -0.25) is 5.32 Å². The second-order valence-electron chi connectivity index (χ2n) is 5.33. The molecule has 118 valence electrons. The predicted molar refractivity (Wildman–Crippen MR) is 91.2 cm³/mol. The quantitative estimate of drug-likeness (QED) is 0.627. The number of imidazole rings is 1. The van der Waals surface area contributed by atoms with E-state index < -0.39 is 6.09 Å². The van der Waals surface area contributed by atoms with E-state index in [1.807, 2.05) is 30.3 Å². The number of aromatic amines is 1. The van der Waals surface area contributed by atoms with E-state index in [0.717, 1.165) is 22.0 Å². The van der Waals surface area contributed by atoms with Gasteiger partial charge in [-0.1, -0.05) is 41.9 Å². The van der Waals surface area contributed by atoms with Crippen molar-refractivity contribution >= 4 is 34.7 Å². The molecule has 0 atom stereocenters. The summed E-state index contributed by atoms with van der Waals surface area (Å²) < 4.78 is 0. The standard InChI is InChI=1S/C9H9Cl.C8H7N3O2/c10-9-4-2-1-3-8(9)7-5-6-7;12-8(13)11-7-9-5-3-1-2-4-6(5)10-7/h1-4,7H,5-6H2;1-4H,(H,12,13)(H2,9,10,11). The maximum absolute atomic E-state index is 10.3. The lowest BCUT2D eigenvalue weighted by Crippen LogP contribution is -2.08. The number of halogens is 1. The van der Waals surface area contributed by atoms with Crippen molar-refractivity contribution in [3.63, 3.8) is 0 Å². The first-order chi connectivity index (χ1) is 11.1. The molecule has 1 heterocycles. The fourth-order valence-electron chi connectivity index (χ4n) is 2.31. The van der Waals surface area contributed by atoms with E-state index in [9.17, 15) is 4.79 Å². The normalized spacial score (nSPS) is 13.3. The second kappa shape index (κ2) is 6.71. The number of amides is 1. The summed E-state index contributed by atoms with van der Waals surface area (Å²) in [6.45, 7) is 0. The third-order valence-electron chi connectivity index (χ3n) is 3.54. The van der Waals surface area contributed by atoms with E-state index in [-0.39, 0.29) is 5.95 Å². The van der Waals surface area contributed by atoms with Crippen LogP contribution in [0.4, 0.5) is 10.7 Å². The number of nitrogens with zero attached hydrogens (tertiary/aromatic N) is 1. The van der Waals surface area contributed by atoms with Crippen LogP contribution in [0.1, 0.15) is 24.3 Å². The zero-order valence-corrected chi connectivity index (χ0v) is 13.0. The Morgan fingerprint density at radius 3 is 2.52 bits per heavy atom. The summed E-state index contributed by atoms with van der Waals surface area (Å²) in [5, 5.41) is 11.5.